The summed E-state index contributed by atoms with van der Waals surface area (Å²) in [7, 11) is 0. The maximum absolute atomic E-state index is 11.2. The maximum Gasteiger partial charge on any atom is 0.298 e. The Kier molecular flexibility index (Phi) is 6.21. The molecule has 144 valence electrons. The Bertz CT molecular complexity index is 887. The van der Waals surface area contributed by atoms with Crippen LogP contribution in [0.15, 0.2) is 40.6 Å². The number of nitro groups is 1. The Morgan fingerprint density at radius 2 is 1.78 bits per heavy atom. The first kappa shape index (κ1) is 20.8. The highest BCUT2D eigenvalue weighted by molar-refractivity contribution is 6.30. The average Bonchev–Trinajstić information content (AvgIpc) is 2.54. The molecule has 0 saturated carbocycles. The highest BCUT2D eigenvalue weighted by Gasteiger charge is 2.20. The van der Waals surface area contributed by atoms with Gasteiger partial charge in [-0.2, -0.15) is 0 Å². The Morgan fingerprint density at radius 3 is 2.33 bits per heavy atom. The molecular formula is C20H24ClN3O3. The molecule has 0 radical (unpaired) electrons. The third kappa shape index (κ3) is 5.26. The third-order valence-electron chi connectivity index (χ3n) is 4.06. The van der Waals surface area contributed by atoms with Crippen LogP contribution in [0.25, 0.3) is 0 Å². The zero-order chi connectivity index (χ0) is 20.4. The van der Waals surface area contributed by atoms with Gasteiger partial charge < -0.3 is 5.11 Å². The maximum atomic E-state index is 11.2. The lowest BCUT2D eigenvalue weighted by atomic mass is 9.84. The lowest BCUT2D eigenvalue weighted by Crippen LogP contribution is -2.11. The van der Waals surface area contributed by atoms with Gasteiger partial charge in [0.1, 0.15) is 11.4 Å². The molecule has 0 spiro atoms. The van der Waals surface area contributed by atoms with Crippen LogP contribution >= 0.6 is 11.6 Å². The van der Waals surface area contributed by atoms with Crippen LogP contribution in [-0.2, 0) is 11.8 Å². The summed E-state index contributed by atoms with van der Waals surface area (Å²) in [6.45, 7) is 10.4. The van der Waals surface area contributed by atoms with Crippen molar-refractivity contribution in [1.82, 2.24) is 0 Å². The minimum atomic E-state index is -0.560. The molecule has 0 aliphatic rings. The summed E-state index contributed by atoms with van der Waals surface area (Å²) in [6, 6.07) is 7.93. The molecule has 0 amide bonds. The van der Waals surface area contributed by atoms with Gasteiger partial charge in [0.05, 0.1) is 4.92 Å². The lowest BCUT2D eigenvalue weighted by molar-refractivity contribution is -0.384. The van der Waals surface area contributed by atoms with Crippen LogP contribution in [0.2, 0.25) is 5.02 Å². The summed E-state index contributed by atoms with van der Waals surface area (Å²) in [4.78, 5) is 10.6. The molecule has 6 nitrogen and oxygen atoms in total. The number of benzene rings is 2. The van der Waals surface area contributed by atoms with E-state index in [-0.39, 0.29) is 27.6 Å². The second-order valence-electron chi connectivity index (χ2n) is 7.94. The number of phenols is 1. The number of aromatic hydroxyl groups is 1. The van der Waals surface area contributed by atoms with Crippen LogP contribution in [0.5, 0.6) is 5.75 Å². The molecule has 0 bridgehead atoms. The van der Waals surface area contributed by atoms with Crippen LogP contribution in [0.1, 0.15) is 45.7 Å². The van der Waals surface area contributed by atoms with Crippen LogP contribution in [-0.4, -0.2) is 10.0 Å². The normalized spacial score (nSPS) is 12.1. The summed E-state index contributed by atoms with van der Waals surface area (Å²) in [5, 5.41) is 30.2. The van der Waals surface area contributed by atoms with Gasteiger partial charge >= 0.3 is 0 Å². The second-order valence-corrected chi connectivity index (χ2v) is 8.38. The van der Waals surface area contributed by atoms with Crippen LogP contribution in [0.3, 0.4) is 0 Å². The number of halogens is 1. The molecule has 0 atom stereocenters. The highest BCUT2D eigenvalue weighted by Crippen LogP contribution is 2.39. The van der Waals surface area contributed by atoms with E-state index in [1.807, 2.05) is 6.07 Å². The predicted octanol–water partition coefficient (Wildman–Crippen LogP) is 6.87. The number of azo groups is 1. The van der Waals surface area contributed by atoms with Crippen molar-refractivity contribution in [3.05, 3.63) is 56.6 Å². The van der Waals surface area contributed by atoms with E-state index in [0.717, 1.165) is 11.1 Å². The van der Waals surface area contributed by atoms with Gasteiger partial charge in [0.25, 0.3) is 5.69 Å². The second kappa shape index (κ2) is 8.05. The van der Waals surface area contributed by atoms with Crippen molar-refractivity contribution in [2.75, 3.05) is 0 Å². The number of nitro benzene ring substituents is 1. The molecule has 2 aromatic rings. The molecule has 0 aliphatic heterocycles. The zero-order valence-corrected chi connectivity index (χ0v) is 16.9. The topological polar surface area (TPSA) is 88.1 Å². The molecule has 0 heterocycles. The fraction of sp³-hybridized carbons (Fsp3) is 0.400. The Labute approximate surface area is 164 Å². The first-order valence-corrected chi connectivity index (χ1v) is 9.09. The summed E-state index contributed by atoms with van der Waals surface area (Å²) in [6.07, 6.45) is 0.694. The molecule has 0 aliphatic carbocycles. The quantitative estimate of drug-likeness (QED) is 0.344. The molecular weight excluding hydrogens is 366 g/mol. The van der Waals surface area contributed by atoms with Crippen molar-refractivity contribution in [2.45, 2.75) is 46.5 Å². The summed E-state index contributed by atoms with van der Waals surface area (Å²) >= 11 is 5.83. The molecule has 2 aromatic carbocycles. The number of hydrogen-bond acceptors (Lipinski definition) is 5. The van der Waals surface area contributed by atoms with Gasteiger partial charge in [-0.1, -0.05) is 52.3 Å². The molecule has 2 rings (SSSR count). The van der Waals surface area contributed by atoms with E-state index in [9.17, 15) is 15.2 Å². The van der Waals surface area contributed by atoms with Crippen molar-refractivity contribution in [2.24, 2.45) is 16.1 Å². The van der Waals surface area contributed by atoms with Crippen LogP contribution in [0.4, 0.5) is 17.1 Å². The minimum Gasteiger partial charge on any atom is -0.505 e. The molecule has 7 heteroatoms. The first-order chi connectivity index (χ1) is 12.5. The zero-order valence-electron chi connectivity index (χ0n) is 16.2. The number of phenolic OH excluding ortho intramolecular Hbond substituents is 1. The molecule has 0 fully saturated rings. The van der Waals surface area contributed by atoms with Gasteiger partial charge in [-0.3, -0.25) is 10.1 Å². The number of rotatable bonds is 5. The number of hydrogen-bond donors (Lipinski definition) is 1. The van der Waals surface area contributed by atoms with Crippen molar-refractivity contribution < 1.29 is 10.0 Å². The third-order valence-corrected chi connectivity index (χ3v) is 4.30. The Balaban J connectivity index is 2.55. The van der Waals surface area contributed by atoms with E-state index in [1.165, 1.54) is 18.2 Å². The van der Waals surface area contributed by atoms with E-state index in [2.05, 4.69) is 44.8 Å². The van der Waals surface area contributed by atoms with Crippen LogP contribution < -0.4 is 0 Å². The van der Waals surface area contributed by atoms with E-state index >= 15 is 0 Å². The van der Waals surface area contributed by atoms with Crippen molar-refractivity contribution >= 4 is 28.7 Å². The van der Waals surface area contributed by atoms with E-state index < -0.39 is 4.92 Å². The standard InChI is InChI=1S/C20H24ClN3O3/c1-12(2)8-13-9-14(20(3,4)5)10-17(19(13)25)23-22-16-7-6-15(21)11-18(16)24(26)27/h6-7,9-12,25H,8H2,1-5H3. The Hall–Kier alpha value is -2.47. The van der Waals surface area contributed by atoms with Gasteiger partial charge in [0, 0.05) is 11.1 Å². The molecule has 0 unspecified atom stereocenters. The SMILES string of the molecule is CC(C)Cc1cc(C(C)(C)C)cc(N=Nc2ccc(Cl)cc2[N+](=O)[O-])c1O. The van der Waals surface area contributed by atoms with E-state index in [0.29, 0.717) is 18.0 Å². The molecule has 0 saturated heterocycles. The van der Waals surface area contributed by atoms with E-state index in [4.69, 9.17) is 11.6 Å². The smallest absolute Gasteiger partial charge is 0.298 e. The van der Waals surface area contributed by atoms with E-state index in [1.54, 1.807) is 6.07 Å². The predicted molar refractivity (Wildman–Crippen MR) is 108 cm³/mol. The summed E-state index contributed by atoms with van der Waals surface area (Å²) in [5.74, 6) is 0.408. The minimum absolute atomic E-state index is 0.0528. The fourth-order valence-electron chi connectivity index (χ4n) is 2.62. The van der Waals surface area contributed by atoms with Crippen molar-refractivity contribution in [3.8, 4) is 5.75 Å². The lowest BCUT2D eigenvalue weighted by Gasteiger charge is -2.21. The molecule has 1 N–H and O–H groups in total. The summed E-state index contributed by atoms with van der Waals surface area (Å²) in [5.41, 5.74) is 1.79. The van der Waals surface area contributed by atoms with Gasteiger partial charge in [-0.15, -0.1) is 10.2 Å². The monoisotopic (exact) mass is 389 g/mol. The van der Waals surface area contributed by atoms with Crippen molar-refractivity contribution in [1.29, 1.82) is 0 Å². The average molecular weight is 390 g/mol. The fourth-order valence-corrected chi connectivity index (χ4v) is 2.78. The Morgan fingerprint density at radius 1 is 1.15 bits per heavy atom. The van der Waals surface area contributed by atoms with Crippen molar-refractivity contribution in [3.63, 3.8) is 0 Å². The van der Waals surface area contributed by atoms with Gasteiger partial charge in [-0.25, -0.2) is 0 Å². The molecule has 0 aromatic heterocycles. The first-order valence-electron chi connectivity index (χ1n) is 8.71. The molecule has 27 heavy (non-hydrogen) atoms. The largest absolute Gasteiger partial charge is 0.505 e. The number of nitrogens with zero attached hydrogens (tertiary/aromatic N) is 3. The van der Waals surface area contributed by atoms with Gasteiger partial charge in [0.15, 0.2) is 5.69 Å². The summed E-state index contributed by atoms with van der Waals surface area (Å²) < 4.78 is 0. The highest BCUT2D eigenvalue weighted by atomic mass is 35.5. The van der Waals surface area contributed by atoms with Gasteiger partial charge in [-0.05, 0) is 47.1 Å². The van der Waals surface area contributed by atoms with Crippen LogP contribution in [0, 0.1) is 16.0 Å². The van der Waals surface area contributed by atoms with Gasteiger partial charge in [0.2, 0.25) is 0 Å².